The Bertz CT molecular complexity index is 1000. The maximum absolute atomic E-state index is 13.3. The first-order chi connectivity index (χ1) is 18.7. The van der Waals surface area contributed by atoms with Crippen LogP contribution in [0.2, 0.25) is 0 Å². The molecular weight excluding hydrogens is 508 g/mol. The number of benzene rings is 1. The first-order valence-corrected chi connectivity index (χ1v) is 13.0. The number of imide groups is 1. The van der Waals surface area contributed by atoms with E-state index in [4.69, 9.17) is 9.47 Å². The summed E-state index contributed by atoms with van der Waals surface area (Å²) in [6, 6.07) is 5.88. The molecule has 2 rings (SSSR count). The summed E-state index contributed by atoms with van der Waals surface area (Å²) in [5.41, 5.74) is 0.696. The van der Waals surface area contributed by atoms with Gasteiger partial charge in [0.1, 0.15) is 12.6 Å². The summed E-state index contributed by atoms with van der Waals surface area (Å²) in [5, 5.41) is 15.7. The van der Waals surface area contributed by atoms with Crippen LogP contribution < -0.4 is 10.6 Å². The van der Waals surface area contributed by atoms with E-state index in [1.807, 2.05) is 13.0 Å². The van der Waals surface area contributed by atoms with Crippen molar-refractivity contribution in [1.82, 2.24) is 20.4 Å². The number of hydrogen-bond donors (Lipinski definition) is 3. The fourth-order valence-electron chi connectivity index (χ4n) is 4.04. The van der Waals surface area contributed by atoms with Gasteiger partial charge in [-0.05, 0) is 25.3 Å². The molecule has 0 aliphatic carbocycles. The van der Waals surface area contributed by atoms with Crippen LogP contribution >= 0.6 is 0 Å². The first-order valence-electron chi connectivity index (χ1n) is 13.0. The average Bonchev–Trinajstić information content (AvgIpc) is 3.26. The molecule has 0 saturated carbocycles. The number of amides is 5. The van der Waals surface area contributed by atoms with Crippen LogP contribution in [0.3, 0.4) is 0 Å². The number of carbonyl (C=O) groups is 5. The molecule has 1 saturated heterocycles. The van der Waals surface area contributed by atoms with Crippen molar-refractivity contribution in [2.45, 2.75) is 64.3 Å². The molecule has 0 radical (unpaired) electrons. The van der Waals surface area contributed by atoms with Crippen molar-refractivity contribution in [3.8, 4) is 0 Å². The molecule has 12 heteroatoms. The molecule has 12 nitrogen and oxygen atoms in total. The molecule has 1 aromatic rings. The van der Waals surface area contributed by atoms with Crippen LogP contribution in [0.4, 0.5) is 9.59 Å². The fraction of sp³-hybridized carbons (Fsp3) is 0.519. The van der Waals surface area contributed by atoms with Crippen molar-refractivity contribution in [3.63, 3.8) is 0 Å². The van der Waals surface area contributed by atoms with E-state index in [1.54, 1.807) is 31.2 Å². The van der Waals surface area contributed by atoms with Crippen LogP contribution in [0.25, 0.3) is 0 Å². The lowest BCUT2D eigenvalue weighted by molar-refractivity contribution is -0.143. The monoisotopic (exact) mass is 546 g/mol. The summed E-state index contributed by atoms with van der Waals surface area (Å²) in [5.74, 6) is -1.82. The van der Waals surface area contributed by atoms with Crippen LogP contribution in [0, 0.1) is 0 Å². The third-order valence-corrected chi connectivity index (χ3v) is 6.00. The topological polar surface area (TPSA) is 155 Å². The van der Waals surface area contributed by atoms with Crippen molar-refractivity contribution in [2.75, 3.05) is 26.2 Å². The normalized spacial score (nSPS) is 16.3. The van der Waals surface area contributed by atoms with Gasteiger partial charge in [0.15, 0.2) is 6.10 Å². The number of aliphatic hydroxyl groups is 1. The maximum atomic E-state index is 13.3. The zero-order chi connectivity index (χ0) is 28.8. The molecule has 214 valence electrons. The van der Waals surface area contributed by atoms with Crippen LogP contribution in [-0.2, 0) is 30.5 Å². The lowest BCUT2D eigenvalue weighted by Crippen LogP contribution is -2.56. The first kappa shape index (κ1) is 31.3. The Labute approximate surface area is 228 Å². The zero-order valence-electron chi connectivity index (χ0n) is 22.5. The number of nitrogens with zero attached hydrogens (tertiary/aromatic N) is 2. The zero-order valence-corrected chi connectivity index (χ0v) is 22.5. The molecule has 39 heavy (non-hydrogen) atoms. The van der Waals surface area contributed by atoms with Crippen LogP contribution in [0.5, 0.6) is 0 Å². The summed E-state index contributed by atoms with van der Waals surface area (Å²) >= 11 is 0. The van der Waals surface area contributed by atoms with Crippen LogP contribution in [0.1, 0.15) is 45.1 Å². The molecule has 1 aromatic carbocycles. The van der Waals surface area contributed by atoms with E-state index in [2.05, 4.69) is 17.2 Å². The van der Waals surface area contributed by atoms with Crippen molar-refractivity contribution < 1.29 is 38.6 Å². The Morgan fingerprint density at radius 3 is 2.54 bits per heavy atom. The highest BCUT2D eigenvalue weighted by molar-refractivity contribution is 6.00. The molecular formula is C27H38N4O8. The van der Waals surface area contributed by atoms with Crippen LogP contribution in [-0.4, -0.2) is 89.2 Å². The number of carbonyl (C=O) groups excluding carboxylic acids is 5. The summed E-state index contributed by atoms with van der Waals surface area (Å²) in [6.45, 7) is 7.25. The van der Waals surface area contributed by atoms with E-state index in [1.165, 1.54) is 11.0 Å². The van der Waals surface area contributed by atoms with Gasteiger partial charge in [0.25, 0.3) is 5.91 Å². The Hall–Kier alpha value is -3.93. The van der Waals surface area contributed by atoms with Gasteiger partial charge in [-0.25, -0.2) is 14.5 Å². The van der Waals surface area contributed by atoms with Crippen molar-refractivity contribution in [2.24, 2.45) is 0 Å². The second-order valence-corrected chi connectivity index (χ2v) is 8.95. The molecule has 3 atom stereocenters. The van der Waals surface area contributed by atoms with Crippen molar-refractivity contribution >= 4 is 29.9 Å². The van der Waals surface area contributed by atoms with Gasteiger partial charge in [-0.1, -0.05) is 49.8 Å². The highest BCUT2D eigenvalue weighted by Gasteiger charge is 2.46. The quantitative estimate of drug-likeness (QED) is 0.222. The van der Waals surface area contributed by atoms with E-state index < -0.39 is 48.1 Å². The number of nitrogens with one attached hydrogen (secondary N) is 2. The van der Waals surface area contributed by atoms with Gasteiger partial charge in [-0.3, -0.25) is 14.4 Å². The van der Waals surface area contributed by atoms with E-state index in [0.29, 0.717) is 12.0 Å². The van der Waals surface area contributed by atoms with Gasteiger partial charge < -0.3 is 30.1 Å². The average molecular weight is 547 g/mol. The third kappa shape index (κ3) is 9.40. The lowest BCUT2D eigenvalue weighted by atomic mass is 10.0. The van der Waals surface area contributed by atoms with Crippen LogP contribution in [0.15, 0.2) is 43.0 Å². The minimum Gasteiger partial charge on any atom is -0.466 e. The van der Waals surface area contributed by atoms with Gasteiger partial charge in [0.2, 0.25) is 5.91 Å². The predicted molar refractivity (Wildman–Crippen MR) is 141 cm³/mol. The smallest absolute Gasteiger partial charge is 0.419 e. The van der Waals surface area contributed by atoms with Gasteiger partial charge >= 0.3 is 18.1 Å². The van der Waals surface area contributed by atoms with E-state index in [9.17, 15) is 29.1 Å². The van der Waals surface area contributed by atoms with Gasteiger partial charge in [0.05, 0.1) is 19.2 Å². The SMILES string of the molecule is C=CCNC(=O)C(O)C(CCC)NC(=O)[C@@H]1CN(CCCC(=O)OCC)C(=O)N1C(=O)OCc1ccccc1. The maximum Gasteiger partial charge on any atom is 0.419 e. The molecule has 3 N–H and O–H groups in total. The highest BCUT2D eigenvalue weighted by Crippen LogP contribution is 2.20. The molecule has 1 fully saturated rings. The molecule has 1 aliphatic rings. The molecule has 1 heterocycles. The number of aliphatic hydroxyl groups excluding tert-OH is 1. The minimum absolute atomic E-state index is 0.0670. The van der Waals surface area contributed by atoms with Gasteiger partial charge in [0, 0.05) is 19.5 Å². The summed E-state index contributed by atoms with van der Waals surface area (Å²) in [7, 11) is 0. The predicted octanol–water partition coefficient (Wildman–Crippen LogP) is 1.72. The summed E-state index contributed by atoms with van der Waals surface area (Å²) in [4.78, 5) is 65.5. The fourth-order valence-corrected chi connectivity index (χ4v) is 4.04. The van der Waals surface area contributed by atoms with Gasteiger partial charge in [-0.15, -0.1) is 6.58 Å². The standard InChI is InChI=1S/C27H38N4O8/c1-4-11-20(23(33)25(35)28-15-5-2)29-24(34)21-17-30(16-10-14-22(32)38-6-3)26(36)31(21)27(37)39-18-19-12-8-7-9-13-19/h5,7-9,12-13,20-21,23,33H,2,4,6,10-11,14-18H2,1,3H3,(H,28,35)(H,29,34)/t20?,21-,23?/m0/s1. The van der Waals surface area contributed by atoms with E-state index >= 15 is 0 Å². The van der Waals surface area contributed by atoms with E-state index in [0.717, 1.165) is 4.90 Å². The minimum atomic E-state index is -1.55. The van der Waals surface area contributed by atoms with Crippen molar-refractivity contribution in [3.05, 3.63) is 48.6 Å². The number of esters is 1. The molecule has 0 spiro atoms. The number of rotatable bonds is 15. The molecule has 5 amide bonds. The molecule has 2 unspecified atom stereocenters. The number of urea groups is 1. The Morgan fingerprint density at radius 1 is 1.18 bits per heavy atom. The molecule has 0 aromatic heterocycles. The molecule has 1 aliphatic heterocycles. The number of hydrogen-bond acceptors (Lipinski definition) is 8. The molecule has 0 bridgehead atoms. The van der Waals surface area contributed by atoms with E-state index in [-0.39, 0.29) is 52.1 Å². The summed E-state index contributed by atoms with van der Waals surface area (Å²) < 4.78 is 10.2. The van der Waals surface area contributed by atoms with Crippen molar-refractivity contribution in [1.29, 1.82) is 0 Å². The lowest BCUT2D eigenvalue weighted by Gasteiger charge is -2.26. The Balaban J connectivity index is 2.17. The Morgan fingerprint density at radius 2 is 1.90 bits per heavy atom. The van der Waals surface area contributed by atoms with Gasteiger partial charge in [-0.2, -0.15) is 0 Å². The second-order valence-electron chi connectivity index (χ2n) is 8.95. The largest absolute Gasteiger partial charge is 0.466 e. The second kappa shape index (κ2) is 16.1. The number of ether oxygens (including phenoxy) is 2. The third-order valence-electron chi connectivity index (χ3n) is 6.00. The summed E-state index contributed by atoms with van der Waals surface area (Å²) in [6.07, 6.45) is 0.0556. The highest BCUT2D eigenvalue weighted by atomic mass is 16.6. The Kier molecular flexibility index (Phi) is 12.9.